The van der Waals surface area contributed by atoms with Gasteiger partial charge in [0.15, 0.2) is 0 Å². The summed E-state index contributed by atoms with van der Waals surface area (Å²) in [5.74, 6) is -1.51. The van der Waals surface area contributed by atoms with Gasteiger partial charge in [-0.2, -0.15) is 5.10 Å². The van der Waals surface area contributed by atoms with Crippen LogP contribution in [0.5, 0.6) is 0 Å². The number of hydrogen-bond acceptors (Lipinski definition) is 4. The smallest absolute Gasteiger partial charge is 0.276 e. The highest BCUT2D eigenvalue weighted by Crippen LogP contribution is 2.31. The summed E-state index contributed by atoms with van der Waals surface area (Å²) < 4.78 is 1.23. The summed E-state index contributed by atoms with van der Waals surface area (Å²) in [7, 11) is 0. The molecule has 1 aromatic heterocycles. The number of benzene rings is 3. The molecule has 0 N–H and O–H groups in total. The van der Waals surface area contributed by atoms with E-state index in [1.165, 1.54) is 4.68 Å². The number of rotatable bonds is 6. The third kappa shape index (κ3) is 3.91. The first-order valence-corrected chi connectivity index (χ1v) is 9.66. The van der Waals surface area contributed by atoms with Gasteiger partial charge in [-0.3, -0.25) is 4.79 Å². The lowest BCUT2D eigenvalue weighted by Crippen LogP contribution is -2.36. The standard InChI is InChI=1S/C25H20N2O3/c28-24-22(25(29)30)21(19-12-6-2-7-13-19)23(20-14-8-3-9-15-20)26-27(24)17-16-18-10-4-1-5-11-18/h1-15H,16-17H2,(H,29,30)/p-1. The number of aromatic nitrogens is 2. The minimum absolute atomic E-state index is 0.262. The van der Waals surface area contributed by atoms with Gasteiger partial charge in [0.1, 0.15) is 0 Å². The Balaban J connectivity index is 1.92. The first-order valence-electron chi connectivity index (χ1n) is 9.66. The van der Waals surface area contributed by atoms with Gasteiger partial charge in [-0.15, -0.1) is 0 Å². The van der Waals surface area contributed by atoms with E-state index in [2.05, 4.69) is 5.10 Å². The van der Waals surface area contributed by atoms with Crippen molar-refractivity contribution in [1.82, 2.24) is 9.78 Å². The van der Waals surface area contributed by atoms with Crippen LogP contribution >= 0.6 is 0 Å². The molecule has 0 spiro atoms. The molecule has 0 unspecified atom stereocenters. The molecule has 4 aromatic rings. The zero-order valence-electron chi connectivity index (χ0n) is 16.2. The van der Waals surface area contributed by atoms with E-state index in [-0.39, 0.29) is 17.7 Å². The number of aromatic carboxylic acids is 1. The number of hydrogen-bond donors (Lipinski definition) is 0. The predicted octanol–water partition coefficient (Wildman–Crippen LogP) is 3.18. The molecule has 0 saturated carbocycles. The average molecular weight is 395 g/mol. The molecule has 3 aromatic carbocycles. The van der Waals surface area contributed by atoms with E-state index in [4.69, 9.17) is 0 Å². The molecule has 0 aliphatic heterocycles. The summed E-state index contributed by atoms with van der Waals surface area (Å²) in [6.45, 7) is 0.262. The van der Waals surface area contributed by atoms with Crippen LogP contribution in [0.1, 0.15) is 15.9 Å². The normalized spacial score (nSPS) is 10.7. The van der Waals surface area contributed by atoms with Gasteiger partial charge >= 0.3 is 0 Å². The van der Waals surface area contributed by atoms with Crippen molar-refractivity contribution in [2.75, 3.05) is 0 Å². The van der Waals surface area contributed by atoms with Crippen LogP contribution < -0.4 is 10.7 Å². The molecule has 0 radical (unpaired) electrons. The molecule has 1 heterocycles. The Morgan fingerprint density at radius 1 is 0.800 bits per heavy atom. The van der Waals surface area contributed by atoms with Gasteiger partial charge in [0.2, 0.25) is 0 Å². The van der Waals surface area contributed by atoms with Gasteiger partial charge in [-0.25, -0.2) is 4.68 Å². The van der Waals surface area contributed by atoms with Crippen molar-refractivity contribution in [2.45, 2.75) is 13.0 Å². The van der Waals surface area contributed by atoms with Gasteiger partial charge < -0.3 is 9.90 Å². The highest BCUT2D eigenvalue weighted by Gasteiger charge is 2.20. The largest absolute Gasteiger partial charge is 0.545 e. The van der Waals surface area contributed by atoms with E-state index >= 15 is 0 Å². The van der Waals surface area contributed by atoms with Gasteiger partial charge in [-0.05, 0) is 17.5 Å². The zero-order chi connectivity index (χ0) is 20.9. The van der Waals surface area contributed by atoms with Crippen LogP contribution in [0.3, 0.4) is 0 Å². The van der Waals surface area contributed by atoms with E-state index in [1.807, 2.05) is 66.7 Å². The van der Waals surface area contributed by atoms with Gasteiger partial charge in [-0.1, -0.05) is 91.0 Å². The summed E-state index contributed by atoms with van der Waals surface area (Å²) >= 11 is 0. The van der Waals surface area contributed by atoms with Crippen LogP contribution in [0.2, 0.25) is 0 Å². The number of carboxylic acid groups (broad SMARTS) is 1. The summed E-state index contributed by atoms with van der Waals surface area (Å²) in [6.07, 6.45) is 0.555. The molecule has 0 amide bonds. The fourth-order valence-corrected chi connectivity index (χ4v) is 3.48. The van der Waals surface area contributed by atoms with E-state index in [1.54, 1.807) is 24.3 Å². The number of nitrogens with zero attached hydrogens (tertiary/aromatic N) is 2. The van der Waals surface area contributed by atoms with Crippen molar-refractivity contribution in [2.24, 2.45) is 0 Å². The second kappa shape index (κ2) is 8.57. The minimum atomic E-state index is -1.51. The number of aryl methyl sites for hydroxylation is 2. The lowest BCUT2D eigenvalue weighted by molar-refractivity contribution is -0.255. The van der Waals surface area contributed by atoms with E-state index in [0.717, 1.165) is 11.1 Å². The highest BCUT2D eigenvalue weighted by molar-refractivity contribution is 5.98. The zero-order valence-corrected chi connectivity index (χ0v) is 16.2. The second-order valence-corrected chi connectivity index (χ2v) is 6.88. The number of carboxylic acids is 1. The van der Waals surface area contributed by atoms with Crippen molar-refractivity contribution in [3.05, 3.63) is 112 Å². The monoisotopic (exact) mass is 395 g/mol. The first-order chi connectivity index (χ1) is 14.6. The maximum atomic E-state index is 13.1. The summed E-state index contributed by atoms with van der Waals surface area (Å²) in [5.41, 5.74) is 2.06. The van der Waals surface area contributed by atoms with Crippen LogP contribution in [0.25, 0.3) is 22.4 Å². The Hall–Kier alpha value is -3.99. The van der Waals surface area contributed by atoms with Gasteiger partial charge in [0.05, 0.1) is 17.2 Å². The van der Waals surface area contributed by atoms with E-state index < -0.39 is 11.5 Å². The topological polar surface area (TPSA) is 75.0 Å². The Morgan fingerprint density at radius 3 is 1.90 bits per heavy atom. The third-order valence-electron chi connectivity index (χ3n) is 4.92. The molecule has 0 saturated heterocycles. The molecule has 5 heteroatoms. The molecule has 4 rings (SSSR count). The second-order valence-electron chi connectivity index (χ2n) is 6.88. The molecule has 148 valence electrons. The van der Waals surface area contributed by atoms with Crippen molar-refractivity contribution in [3.63, 3.8) is 0 Å². The highest BCUT2D eigenvalue weighted by atomic mass is 16.4. The average Bonchev–Trinajstić information content (AvgIpc) is 2.79. The van der Waals surface area contributed by atoms with Crippen LogP contribution in [0, 0.1) is 0 Å². The number of carbonyl (C=O) groups is 1. The first kappa shape index (κ1) is 19.3. The van der Waals surface area contributed by atoms with Crippen molar-refractivity contribution < 1.29 is 9.90 Å². The number of carbonyl (C=O) groups excluding carboxylic acids is 1. The summed E-state index contributed by atoms with van der Waals surface area (Å²) in [4.78, 5) is 25.2. The third-order valence-corrected chi connectivity index (χ3v) is 4.92. The Kier molecular flexibility index (Phi) is 5.52. The minimum Gasteiger partial charge on any atom is -0.545 e. The maximum absolute atomic E-state index is 13.1. The molecular weight excluding hydrogens is 376 g/mol. The van der Waals surface area contributed by atoms with Crippen LogP contribution in [0.4, 0.5) is 0 Å². The van der Waals surface area contributed by atoms with E-state index in [0.29, 0.717) is 17.7 Å². The SMILES string of the molecule is O=C([O-])c1c(-c2ccccc2)c(-c2ccccc2)nn(CCc2ccccc2)c1=O. The van der Waals surface area contributed by atoms with Crippen molar-refractivity contribution in [1.29, 1.82) is 0 Å². The molecule has 0 aliphatic carbocycles. The van der Waals surface area contributed by atoms with Gasteiger partial charge in [0.25, 0.3) is 5.56 Å². The lowest BCUT2D eigenvalue weighted by Gasteiger charge is -2.18. The molecular formula is C25H19N2O3-. The summed E-state index contributed by atoms with van der Waals surface area (Å²) in [6, 6.07) is 27.9. The van der Waals surface area contributed by atoms with Gasteiger partial charge in [0, 0.05) is 17.7 Å². The Bertz CT molecular complexity index is 1220. The molecule has 5 nitrogen and oxygen atoms in total. The fourth-order valence-electron chi connectivity index (χ4n) is 3.48. The Labute approximate surface area is 173 Å². The quantitative estimate of drug-likeness (QED) is 0.503. The van der Waals surface area contributed by atoms with Crippen molar-refractivity contribution in [3.8, 4) is 22.4 Å². The molecule has 0 aliphatic rings. The van der Waals surface area contributed by atoms with Crippen LogP contribution in [-0.2, 0) is 13.0 Å². The van der Waals surface area contributed by atoms with Crippen molar-refractivity contribution >= 4 is 5.97 Å². The van der Waals surface area contributed by atoms with Crippen LogP contribution in [-0.4, -0.2) is 15.7 Å². The predicted molar refractivity (Wildman–Crippen MR) is 114 cm³/mol. The maximum Gasteiger partial charge on any atom is 0.276 e. The lowest BCUT2D eigenvalue weighted by atomic mass is 9.95. The summed E-state index contributed by atoms with van der Waals surface area (Å²) in [5, 5.41) is 16.7. The fraction of sp³-hybridized carbons (Fsp3) is 0.0800. The van der Waals surface area contributed by atoms with Crippen LogP contribution in [0.15, 0.2) is 95.8 Å². The molecule has 0 atom stereocenters. The Morgan fingerprint density at radius 2 is 1.33 bits per heavy atom. The van der Waals surface area contributed by atoms with E-state index in [9.17, 15) is 14.7 Å². The molecule has 0 bridgehead atoms. The molecule has 0 fully saturated rings. The molecule has 30 heavy (non-hydrogen) atoms.